The Hall–Kier alpha value is -3.80. The number of piperazine rings is 1. The van der Waals surface area contributed by atoms with E-state index in [4.69, 9.17) is 14.2 Å². The lowest BCUT2D eigenvalue weighted by Gasteiger charge is -2.38. The van der Waals surface area contributed by atoms with Gasteiger partial charge in [0, 0.05) is 44.9 Å². The first-order chi connectivity index (χ1) is 20.0. The molecule has 11 nitrogen and oxygen atoms in total. The highest BCUT2D eigenvalue weighted by Crippen LogP contribution is 2.33. The standard InChI is InChI=1S/C30H35N7O4/c1-19-5-7-22-15-24(30(38)31-27(22)20(19)2)28(29-32-33-34-37(29)17-23-4-3-13-39-23)36-11-9-35(10-12-36)16-21-6-8-25-26(14-21)41-18-40-25/h5-8,14-15,23,28H,3-4,9-13,16-18H2,1-2H3,(H,31,38)/t23-,28-/m1/s1. The van der Waals surface area contributed by atoms with Gasteiger partial charge in [-0.05, 0) is 77.4 Å². The molecule has 1 N–H and O–H groups in total. The maximum atomic E-state index is 13.7. The summed E-state index contributed by atoms with van der Waals surface area (Å²) in [6.07, 6.45) is 2.11. The third-order valence-electron chi connectivity index (χ3n) is 8.69. The van der Waals surface area contributed by atoms with Crippen LogP contribution in [0.25, 0.3) is 10.9 Å². The van der Waals surface area contributed by atoms with Crippen LogP contribution in [0.5, 0.6) is 11.5 Å². The summed E-state index contributed by atoms with van der Waals surface area (Å²) < 4.78 is 18.8. The first kappa shape index (κ1) is 26.1. The summed E-state index contributed by atoms with van der Waals surface area (Å²) >= 11 is 0. The highest BCUT2D eigenvalue weighted by atomic mass is 16.7. The molecular formula is C30H35N7O4. The predicted molar refractivity (Wildman–Crippen MR) is 152 cm³/mol. The van der Waals surface area contributed by atoms with Crippen molar-refractivity contribution in [2.24, 2.45) is 0 Å². The van der Waals surface area contributed by atoms with Gasteiger partial charge in [-0.15, -0.1) is 5.10 Å². The number of hydrogen-bond acceptors (Lipinski definition) is 9. The normalized spacial score (nSPS) is 20.2. The molecule has 0 bridgehead atoms. The second-order valence-corrected chi connectivity index (χ2v) is 11.3. The summed E-state index contributed by atoms with van der Waals surface area (Å²) in [5.74, 6) is 2.28. The Bertz CT molecular complexity index is 1620. The molecule has 214 valence electrons. The van der Waals surface area contributed by atoms with Crippen LogP contribution in [-0.2, 0) is 17.8 Å². The van der Waals surface area contributed by atoms with Gasteiger partial charge in [-0.1, -0.05) is 18.2 Å². The summed E-state index contributed by atoms with van der Waals surface area (Å²) in [7, 11) is 0. The lowest BCUT2D eigenvalue weighted by Crippen LogP contribution is -2.48. The van der Waals surface area contributed by atoms with E-state index in [2.05, 4.69) is 61.5 Å². The minimum atomic E-state index is -0.381. The van der Waals surface area contributed by atoms with Crippen LogP contribution < -0.4 is 15.0 Å². The third kappa shape index (κ3) is 5.09. The highest BCUT2D eigenvalue weighted by Gasteiger charge is 2.33. The zero-order chi connectivity index (χ0) is 27.9. The van der Waals surface area contributed by atoms with E-state index in [9.17, 15) is 4.79 Å². The average molecular weight is 558 g/mol. The van der Waals surface area contributed by atoms with Crippen molar-refractivity contribution in [3.8, 4) is 11.5 Å². The molecule has 7 rings (SSSR count). The number of fused-ring (bicyclic) bond motifs is 2. The molecule has 0 saturated carbocycles. The molecule has 0 amide bonds. The van der Waals surface area contributed by atoms with Crippen LogP contribution in [0.4, 0.5) is 0 Å². The van der Waals surface area contributed by atoms with Crippen molar-refractivity contribution in [2.75, 3.05) is 39.6 Å². The number of benzene rings is 2. The van der Waals surface area contributed by atoms with Crippen LogP contribution in [0.15, 0.2) is 41.2 Å². The molecule has 0 spiro atoms. The third-order valence-corrected chi connectivity index (χ3v) is 8.69. The van der Waals surface area contributed by atoms with Crippen molar-refractivity contribution >= 4 is 10.9 Å². The monoisotopic (exact) mass is 557 g/mol. The van der Waals surface area contributed by atoms with E-state index >= 15 is 0 Å². The van der Waals surface area contributed by atoms with E-state index in [1.165, 1.54) is 5.56 Å². The van der Waals surface area contributed by atoms with E-state index in [-0.39, 0.29) is 24.5 Å². The molecule has 3 aliphatic rings. The molecule has 2 fully saturated rings. The quantitative estimate of drug-likeness (QED) is 0.367. The number of ether oxygens (including phenoxy) is 3. The van der Waals surface area contributed by atoms with Gasteiger partial charge in [0.2, 0.25) is 6.79 Å². The second-order valence-electron chi connectivity index (χ2n) is 11.3. The Morgan fingerprint density at radius 3 is 2.73 bits per heavy atom. The van der Waals surface area contributed by atoms with E-state index in [1.54, 1.807) is 0 Å². The molecule has 0 radical (unpaired) electrons. The smallest absolute Gasteiger partial charge is 0.253 e. The molecule has 41 heavy (non-hydrogen) atoms. The van der Waals surface area contributed by atoms with E-state index < -0.39 is 0 Å². The zero-order valence-electron chi connectivity index (χ0n) is 23.5. The summed E-state index contributed by atoms with van der Waals surface area (Å²) in [5.41, 5.74) is 4.86. The molecule has 5 heterocycles. The maximum absolute atomic E-state index is 13.7. The minimum absolute atomic E-state index is 0.0805. The number of aromatic amines is 1. The fourth-order valence-corrected chi connectivity index (χ4v) is 6.24. The summed E-state index contributed by atoms with van der Waals surface area (Å²) in [5, 5.41) is 13.9. The fraction of sp³-hybridized carbons (Fsp3) is 0.467. The van der Waals surface area contributed by atoms with Crippen molar-refractivity contribution in [2.45, 2.75) is 51.9 Å². The van der Waals surface area contributed by atoms with Gasteiger partial charge >= 0.3 is 0 Å². The van der Waals surface area contributed by atoms with Crippen LogP contribution in [0.1, 0.15) is 47.0 Å². The summed E-state index contributed by atoms with van der Waals surface area (Å²) in [4.78, 5) is 21.7. The number of hydrogen-bond donors (Lipinski definition) is 1. The SMILES string of the molecule is Cc1ccc2cc([C@H](c3nnnn3C[C@H]3CCCO3)N3CCN(Cc4ccc5c(c4)OCO5)CC3)c(=O)[nH]c2c1C. The van der Waals surface area contributed by atoms with Crippen molar-refractivity contribution in [1.82, 2.24) is 35.0 Å². The number of aryl methyl sites for hydroxylation is 2. The first-order valence-electron chi connectivity index (χ1n) is 14.4. The van der Waals surface area contributed by atoms with Crippen LogP contribution >= 0.6 is 0 Å². The molecule has 2 atom stereocenters. The van der Waals surface area contributed by atoms with Crippen LogP contribution in [0.3, 0.4) is 0 Å². The van der Waals surface area contributed by atoms with Gasteiger partial charge in [-0.3, -0.25) is 14.6 Å². The van der Waals surface area contributed by atoms with Crippen LogP contribution in [0, 0.1) is 13.8 Å². The number of rotatable bonds is 7. The fourth-order valence-electron chi connectivity index (χ4n) is 6.24. The number of aromatic nitrogens is 5. The lowest BCUT2D eigenvalue weighted by atomic mass is 9.99. The Morgan fingerprint density at radius 2 is 1.90 bits per heavy atom. The number of pyridine rings is 1. The molecule has 0 aliphatic carbocycles. The van der Waals surface area contributed by atoms with Crippen molar-refractivity contribution < 1.29 is 14.2 Å². The highest BCUT2D eigenvalue weighted by molar-refractivity contribution is 5.83. The van der Waals surface area contributed by atoms with Gasteiger partial charge in [0.05, 0.1) is 18.2 Å². The lowest BCUT2D eigenvalue weighted by molar-refractivity contribution is 0.0840. The minimum Gasteiger partial charge on any atom is -0.454 e. The zero-order valence-corrected chi connectivity index (χ0v) is 23.5. The number of nitrogens with one attached hydrogen (secondary N) is 1. The Morgan fingerprint density at radius 1 is 1.05 bits per heavy atom. The van der Waals surface area contributed by atoms with E-state index in [0.29, 0.717) is 17.9 Å². The van der Waals surface area contributed by atoms with Crippen LogP contribution in [0.2, 0.25) is 0 Å². The Labute approximate surface area is 238 Å². The summed E-state index contributed by atoms with van der Waals surface area (Å²) in [6, 6.07) is 12.0. The number of H-pyrrole nitrogens is 1. The maximum Gasteiger partial charge on any atom is 0.253 e. The van der Waals surface area contributed by atoms with Gasteiger partial charge < -0.3 is 19.2 Å². The first-order valence-corrected chi connectivity index (χ1v) is 14.4. The molecule has 3 aliphatic heterocycles. The molecule has 11 heteroatoms. The van der Waals surface area contributed by atoms with Crippen molar-refractivity contribution in [3.05, 3.63) is 74.8 Å². The molecule has 2 aromatic carbocycles. The van der Waals surface area contributed by atoms with E-state index in [1.807, 2.05) is 23.7 Å². The topological polar surface area (TPSA) is 111 Å². The molecule has 2 aromatic heterocycles. The summed E-state index contributed by atoms with van der Waals surface area (Å²) in [6.45, 7) is 9.79. The van der Waals surface area contributed by atoms with Gasteiger partial charge in [0.25, 0.3) is 5.56 Å². The number of nitrogens with zero attached hydrogens (tertiary/aromatic N) is 6. The van der Waals surface area contributed by atoms with Crippen molar-refractivity contribution in [3.63, 3.8) is 0 Å². The van der Waals surface area contributed by atoms with Gasteiger partial charge in [-0.25, -0.2) is 4.68 Å². The van der Waals surface area contributed by atoms with E-state index in [0.717, 1.165) is 85.7 Å². The second kappa shape index (κ2) is 10.9. The Kier molecular flexibility index (Phi) is 6.93. The molecular weight excluding hydrogens is 522 g/mol. The van der Waals surface area contributed by atoms with Gasteiger partial charge in [0.1, 0.15) is 6.04 Å². The molecule has 4 aromatic rings. The predicted octanol–water partition coefficient (Wildman–Crippen LogP) is 2.95. The molecule has 2 saturated heterocycles. The van der Waals surface area contributed by atoms with Crippen molar-refractivity contribution in [1.29, 1.82) is 0 Å². The average Bonchev–Trinajstić information content (AvgIpc) is 3.76. The largest absolute Gasteiger partial charge is 0.454 e. The van der Waals surface area contributed by atoms with Gasteiger partial charge in [-0.2, -0.15) is 0 Å². The number of tetrazole rings is 1. The molecule has 0 unspecified atom stereocenters. The van der Waals surface area contributed by atoms with Gasteiger partial charge in [0.15, 0.2) is 17.3 Å². The van der Waals surface area contributed by atoms with Crippen LogP contribution in [-0.4, -0.2) is 80.7 Å². The Balaban J connectivity index is 1.18.